The first kappa shape index (κ1) is 11.0. The molecule has 1 aliphatic rings. The molecule has 0 aliphatic carbocycles. The van der Waals surface area contributed by atoms with Gasteiger partial charge in [-0.15, -0.1) is 0 Å². The van der Waals surface area contributed by atoms with Gasteiger partial charge in [0, 0.05) is 19.5 Å². The summed E-state index contributed by atoms with van der Waals surface area (Å²) in [6, 6.07) is -0.364. The average Bonchev–Trinajstić information content (AvgIpc) is 2.27. The fraction of sp³-hybridized carbons (Fsp3) is 0.778. The van der Waals surface area contributed by atoms with E-state index in [1.165, 1.54) is 0 Å². The molecule has 0 spiro atoms. The van der Waals surface area contributed by atoms with Gasteiger partial charge in [0.1, 0.15) is 6.04 Å². The normalized spacial score (nSPS) is 23.3. The lowest BCUT2D eigenvalue weighted by atomic mass is 10.2. The maximum Gasteiger partial charge on any atom is 0.242 e. The van der Waals surface area contributed by atoms with Crippen LogP contribution in [-0.2, 0) is 9.59 Å². The molecule has 80 valence electrons. The number of hydrogen-bond donors (Lipinski definition) is 2. The molecular formula is C9H17N3O2. The van der Waals surface area contributed by atoms with Crippen LogP contribution >= 0.6 is 0 Å². The summed E-state index contributed by atoms with van der Waals surface area (Å²) in [5.74, 6) is -0.0443. The summed E-state index contributed by atoms with van der Waals surface area (Å²) in [7, 11) is 0. The number of nitrogens with one attached hydrogen (secondary N) is 1. The minimum absolute atomic E-state index is 0.0318. The molecule has 0 radical (unpaired) electrons. The number of rotatable bonds is 3. The molecule has 1 heterocycles. The van der Waals surface area contributed by atoms with Crippen LogP contribution in [0.2, 0.25) is 0 Å². The number of carbonyl (C=O) groups excluding carboxylic acids is 2. The van der Waals surface area contributed by atoms with Crippen molar-refractivity contribution in [3.05, 3.63) is 0 Å². The highest BCUT2D eigenvalue weighted by Crippen LogP contribution is 2.06. The summed E-state index contributed by atoms with van der Waals surface area (Å²) < 4.78 is 0. The van der Waals surface area contributed by atoms with Crippen LogP contribution in [0, 0.1) is 0 Å². The van der Waals surface area contributed by atoms with E-state index in [2.05, 4.69) is 5.32 Å². The topological polar surface area (TPSA) is 75.4 Å². The summed E-state index contributed by atoms with van der Waals surface area (Å²) in [6.45, 7) is 3.30. The zero-order valence-electron chi connectivity index (χ0n) is 8.45. The van der Waals surface area contributed by atoms with Crippen molar-refractivity contribution in [3.8, 4) is 0 Å². The molecule has 0 aromatic rings. The largest absolute Gasteiger partial charge is 0.354 e. The van der Waals surface area contributed by atoms with Crippen molar-refractivity contribution in [1.82, 2.24) is 10.2 Å². The van der Waals surface area contributed by atoms with Crippen LogP contribution in [0.1, 0.15) is 19.8 Å². The lowest BCUT2D eigenvalue weighted by Crippen LogP contribution is -2.44. The molecule has 3 N–H and O–H groups in total. The third kappa shape index (κ3) is 2.45. The van der Waals surface area contributed by atoms with E-state index < -0.39 is 0 Å². The van der Waals surface area contributed by atoms with Crippen molar-refractivity contribution in [2.45, 2.75) is 25.8 Å². The van der Waals surface area contributed by atoms with E-state index >= 15 is 0 Å². The highest BCUT2D eigenvalue weighted by atomic mass is 16.2. The molecule has 1 unspecified atom stereocenters. The Labute approximate surface area is 83.6 Å². The highest BCUT2D eigenvalue weighted by molar-refractivity contribution is 5.89. The highest BCUT2D eigenvalue weighted by Gasteiger charge is 2.27. The first-order valence-electron chi connectivity index (χ1n) is 4.94. The lowest BCUT2D eigenvalue weighted by Gasteiger charge is -2.25. The first-order valence-corrected chi connectivity index (χ1v) is 4.94. The van der Waals surface area contributed by atoms with E-state index in [-0.39, 0.29) is 17.9 Å². The van der Waals surface area contributed by atoms with Gasteiger partial charge in [-0.05, 0) is 19.9 Å². The van der Waals surface area contributed by atoms with Gasteiger partial charge < -0.3 is 16.0 Å². The Kier molecular flexibility index (Phi) is 3.88. The van der Waals surface area contributed by atoms with E-state index in [0.29, 0.717) is 26.1 Å². The van der Waals surface area contributed by atoms with Gasteiger partial charge in [-0.25, -0.2) is 0 Å². The van der Waals surface area contributed by atoms with E-state index in [9.17, 15) is 9.59 Å². The zero-order chi connectivity index (χ0) is 10.6. The zero-order valence-corrected chi connectivity index (χ0v) is 8.45. The van der Waals surface area contributed by atoms with Crippen LogP contribution in [0.15, 0.2) is 0 Å². The summed E-state index contributed by atoms with van der Waals surface area (Å²) in [6.07, 6.45) is 1.13. The van der Waals surface area contributed by atoms with Crippen molar-refractivity contribution in [3.63, 3.8) is 0 Å². The Hall–Kier alpha value is -1.10. The molecule has 1 aliphatic heterocycles. The van der Waals surface area contributed by atoms with Crippen molar-refractivity contribution in [1.29, 1.82) is 0 Å². The molecule has 2 amide bonds. The fourth-order valence-electron chi connectivity index (χ4n) is 1.52. The van der Waals surface area contributed by atoms with Crippen LogP contribution < -0.4 is 11.1 Å². The summed E-state index contributed by atoms with van der Waals surface area (Å²) >= 11 is 0. The van der Waals surface area contributed by atoms with Crippen LogP contribution in [0.5, 0.6) is 0 Å². The van der Waals surface area contributed by atoms with Gasteiger partial charge >= 0.3 is 0 Å². The predicted octanol–water partition coefficient (Wildman–Crippen LogP) is -0.928. The SMILES string of the molecule is CC1C(=O)NCCC(=O)N1CCCN. The van der Waals surface area contributed by atoms with Crippen molar-refractivity contribution >= 4 is 11.8 Å². The summed E-state index contributed by atoms with van der Waals surface area (Å²) in [5, 5.41) is 2.70. The summed E-state index contributed by atoms with van der Waals surface area (Å²) in [4.78, 5) is 24.6. The van der Waals surface area contributed by atoms with E-state index in [4.69, 9.17) is 5.73 Å². The molecule has 1 rings (SSSR count). The predicted molar refractivity (Wildman–Crippen MR) is 52.5 cm³/mol. The van der Waals surface area contributed by atoms with Gasteiger partial charge in [-0.1, -0.05) is 0 Å². The molecule has 0 saturated carbocycles. The second-order valence-electron chi connectivity index (χ2n) is 3.45. The molecule has 0 aromatic carbocycles. The van der Waals surface area contributed by atoms with E-state index in [1.807, 2.05) is 0 Å². The second kappa shape index (κ2) is 4.95. The molecule has 1 atom stereocenters. The van der Waals surface area contributed by atoms with Gasteiger partial charge in [-0.2, -0.15) is 0 Å². The van der Waals surface area contributed by atoms with Gasteiger partial charge in [0.25, 0.3) is 0 Å². The third-order valence-electron chi connectivity index (χ3n) is 2.41. The van der Waals surface area contributed by atoms with Crippen LogP contribution in [0.3, 0.4) is 0 Å². The van der Waals surface area contributed by atoms with Gasteiger partial charge in [-0.3, -0.25) is 9.59 Å². The third-order valence-corrected chi connectivity index (χ3v) is 2.41. The Morgan fingerprint density at radius 1 is 1.57 bits per heavy atom. The molecular weight excluding hydrogens is 182 g/mol. The number of carbonyl (C=O) groups is 2. The number of amides is 2. The smallest absolute Gasteiger partial charge is 0.242 e. The molecule has 1 fully saturated rings. The maximum absolute atomic E-state index is 11.6. The molecule has 0 bridgehead atoms. The number of hydrogen-bond acceptors (Lipinski definition) is 3. The van der Waals surface area contributed by atoms with Crippen molar-refractivity contribution in [2.75, 3.05) is 19.6 Å². The molecule has 14 heavy (non-hydrogen) atoms. The van der Waals surface area contributed by atoms with E-state index in [0.717, 1.165) is 6.42 Å². The van der Waals surface area contributed by atoms with Crippen molar-refractivity contribution in [2.24, 2.45) is 5.73 Å². The van der Waals surface area contributed by atoms with Gasteiger partial charge in [0.15, 0.2) is 0 Å². The fourth-order valence-corrected chi connectivity index (χ4v) is 1.52. The Morgan fingerprint density at radius 3 is 2.93 bits per heavy atom. The first-order chi connectivity index (χ1) is 6.66. The molecule has 1 saturated heterocycles. The monoisotopic (exact) mass is 199 g/mol. The lowest BCUT2D eigenvalue weighted by molar-refractivity contribution is -0.137. The maximum atomic E-state index is 11.6. The van der Waals surface area contributed by atoms with Crippen LogP contribution in [0.4, 0.5) is 0 Å². The average molecular weight is 199 g/mol. The molecule has 5 nitrogen and oxygen atoms in total. The van der Waals surface area contributed by atoms with E-state index in [1.54, 1.807) is 11.8 Å². The van der Waals surface area contributed by atoms with Crippen LogP contribution in [0.25, 0.3) is 0 Å². The van der Waals surface area contributed by atoms with Gasteiger partial charge in [0.05, 0.1) is 0 Å². The Bertz CT molecular complexity index is 230. The Morgan fingerprint density at radius 2 is 2.29 bits per heavy atom. The molecule has 0 aromatic heterocycles. The molecule has 5 heteroatoms. The second-order valence-corrected chi connectivity index (χ2v) is 3.45. The Balaban J connectivity index is 2.64. The summed E-state index contributed by atoms with van der Waals surface area (Å²) in [5.41, 5.74) is 5.37. The van der Waals surface area contributed by atoms with Gasteiger partial charge in [0.2, 0.25) is 11.8 Å². The minimum atomic E-state index is -0.364. The van der Waals surface area contributed by atoms with Crippen LogP contribution in [-0.4, -0.2) is 42.4 Å². The minimum Gasteiger partial charge on any atom is -0.354 e. The quantitative estimate of drug-likeness (QED) is 0.616. The number of nitrogens with zero attached hydrogens (tertiary/aromatic N) is 1. The standard InChI is InChI=1S/C9H17N3O2/c1-7-9(14)11-5-3-8(13)12(7)6-2-4-10/h7H,2-6,10H2,1H3,(H,11,14). The van der Waals surface area contributed by atoms with Crippen molar-refractivity contribution < 1.29 is 9.59 Å². The number of nitrogens with two attached hydrogens (primary N) is 1.